The lowest BCUT2D eigenvalue weighted by Crippen LogP contribution is -2.24. The fourth-order valence-electron chi connectivity index (χ4n) is 2.29. The highest BCUT2D eigenvalue weighted by molar-refractivity contribution is 5.27. The molecule has 0 aliphatic heterocycles. The molecule has 0 saturated heterocycles. The summed E-state index contributed by atoms with van der Waals surface area (Å²) in [4.78, 5) is 0. The Bertz CT molecular complexity index is 564. The Labute approximate surface area is 118 Å². The van der Waals surface area contributed by atoms with Gasteiger partial charge in [-0.1, -0.05) is 48.9 Å². The lowest BCUT2D eigenvalue weighted by Gasteiger charge is -2.19. The van der Waals surface area contributed by atoms with Crippen molar-refractivity contribution in [1.82, 2.24) is 5.32 Å². The van der Waals surface area contributed by atoms with Crippen LogP contribution >= 0.6 is 0 Å². The first kappa shape index (κ1) is 14.7. The molecule has 0 fully saturated rings. The molecule has 0 bridgehead atoms. The smallest absolute Gasteiger partial charge is 0.163 e. The minimum absolute atomic E-state index is 0.224. The van der Waals surface area contributed by atoms with E-state index >= 15 is 0 Å². The zero-order valence-electron chi connectivity index (χ0n) is 11.8. The van der Waals surface area contributed by atoms with Crippen molar-refractivity contribution in [2.75, 3.05) is 6.54 Å². The highest BCUT2D eigenvalue weighted by Crippen LogP contribution is 2.23. The van der Waals surface area contributed by atoms with Crippen LogP contribution in [0.5, 0.6) is 0 Å². The van der Waals surface area contributed by atoms with Crippen LogP contribution in [0.1, 0.15) is 29.7 Å². The third-order valence-corrected chi connectivity index (χ3v) is 3.37. The molecule has 1 N–H and O–H groups in total. The Morgan fingerprint density at radius 3 is 2.40 bits per heavy atom. The molecule has 2 aromatic carbocycles. The van der Waals surface area contributed by atoms with Gasteiger partial charge in [-0.25, -0.2) is 8.78 Å². The largest absolute Gasteiger partial charge is 0.310 e. The molecule has 2 aromatic rings. The molecule has 0 aliphatic carbocycles. The summed E-state index contributed by atoms with van der Waals surface area (Å²) in [6, 6.07) is 12.2. The van der Waals surface area contributed by atoms with Crippen LogP contribution in [-0.4, -0.2) is 6.54 Å². The lowest BCUT2D eigenvalue weighted by molar-refractivity contribution is 0.464. The molecule has 0 aromatic heterocycles. The van der Waals surface area contributed by atoms with Gasteiger partial charge in [-0.3, -0.25) is 0 Å². The molecule has 0 radical (unpaired) electrons. The van der Waals surface area contributed by atoms with Crippen LogP contribution in [0.25, 0.3) is 0 Å². The quantitative estimate of drug-likeness (QED) is 0.863. The standard InChI is InChI=1S/C17H19F2N/c1-3-20-16(11-13-9-7-12(2)8-10-13)14-5-4-6-15(18)17(14)19/h4-10,16,20H,3,11H2,1-2H3. The summed E-state index contributed by atoms with van der Waals surface area (Å²) >= 11 is 0. The second-order valence-electron chi connectivity index (χ2n) is 4.94. The van der Waals surface area contributed by atoms with Gasteiger partial charge in [0.15, 0.2) is 11.6 Å². The first-order valence-corrected chi connectivity index (χ1v) is 6.84. The van der Waals surface area contributed by atoms with Gasteiger partial charge in [0.05, 0.1) is 0 Å². The summed E-state index contributed by atoms with van der Waals surface area (Å²) in [5, 5.41) is 3.22. The maximum Gasteiger partial charge on any atom is 0.163 e. The zero-order valence-corrected chi connectivity index (χ0v) is 11.8. The van der Waals surface area contributed by atoms with E-state index in [4.69, 9.17) is 0 Å². The minimum atomic E-state index is -0.797. The van der Waals surface area contributed by atoms with Crippen molar-refractivity contribution in [2.45, 2.75) is 26.3 Å². The highest BCUT2D eigenvalue weighted by atomic mass is 19.2. The lowest BCUT2D eigenvalue weighted by atomic mass is 9.97. The van der Waals surface area contributed by atoms with Gasteiger partial charge >= 0.3 is 0 Å². The molecule has 1 unspecified atom stereocenters. The third kappa shape index (κ3) is 3.42. The molecule has 0 heterocycles. The first-order chi connectivity index (χ1) is 9.61. The van der Waals surface area contributed by atoms with Gasteiger partial charge in [-0.2, -0.15) is 0 Å². The van der Waals surface area contributed by atoms with E-state index in [0.717, 1.165) is 11.6 Å². The molecule has 1 atom stereocenters. The molecular weight excluding hydrogens is 256 g/mol. The molecule has 0 amide bonds. The number of likely N-dealkylation sites (N-methyl/N-ethyl adjacent to an activating group) is 1. The van der Waals surface area contributed by atoms with Gasteiger partial charge in [-0.05, 0) is 31.5 Å². The van der Waals surface area contributed by atoms with E-state index in [2.05, 4.69) is 5.32 Å². The number of hydrogen-bond acceptors (Lipinski definition) is 1. The van der Waals surface area contributed by atoms with Crippen LogP contribution in [0.4, 0.5) is 8.78 Å². The monoisotopic (exact) mass is 275 g/mol. The Kier molecular flexibility index (Phi) is 4.85. The Balaban J connectivity index is 2.26. The van der Waals surface area contributed by atoms with Crippen molar-refractivity contribution in [3.8, 4) is 0 Å². The number of nitrogens with one attached hydrogen (secondary N) is 1. The summed E-state index contributed by atoms with van der Waals surface area (Å²) in [6.45, 7) is 4.68. The molecule has 0 aliphatic rings. The van der Waals surface area contributed by atoms with Gasteiger partial charge in [-0.15, -0.1) is 0 Å². The van der Waals surface area contributed by atoms with Crippen LogP contribution in [0.15, 0.2) is 42.5 Å². The number of rotatable bonds is 5. The van der Waals surface area contributed by atoms with Crippen LogP contribution in [0.3, 0.4) is 0 Å². The maximum atomic E-state index is 13.9. The molecule has 2 rings (SSSR count). The van der Waals surface area contributed by atoms with E-state index in [1.165, 1.54) is 5.56 Å². The summed E-state index contributed by atoms with van der Waals surface area (Å²) in [5.41, 5.74) is 2.67. The second-order valence-corrected chi connectivity index (χ2v) is 4.94. The normalized spacial score (nSPS) is 12.4. The van der Waals surface area contributed by atoms with E-state index in [1.54, 1.807) is 12.1 Å². The Morgan fingerprint density at radius 2 is 1.75 bits per heavy atom. The fourth-order valence-corrected chi connectivity index (χ4v) is 2.29. The number of halogens is 2. The van der Waals surface area contributed by atoms with Crippen LogP contribution in [0, 0.1) is 18.6 Å². The second kappa shape index (κ2) is 6.62. The van der Waals surface area contributed by atoms with Gasteiger partial charge in [0, 0.05) is 11.6 Å². The minimum Gasteiger partial charge on any atom is -0.310 e. The van der Waals surface area contributed by atoms with E-state index in [0.29, 0.717) is 18.5 Å². The van der Waals surface area contributed by atoms with Gasteiger partial charge < -0.3 is 5.32 Å². The highest BCUT2D eigenvalue weighted by Gasteiger charge is 2.17. The van der Waals surface area contributed by atoms with Gasteiger partial charge in [0.25, 0.3) is 0 Å². The van der Waals surface area contributed by atoms with Crippen molar-refractivity contribution in [2.24, 2.45) is 0 Å². The zero-order chi connectivity index (χ0) is 14.5. The van der Waals surface area contributed by atoms with Gasteiger partial charge in [0.2, 0.25) is 0 Å². The van der Waals surface area contributed by atoms with E-state index < -0.39 is 11.6 Å². The Morgan fingerprint density at radius 1 is 1.05 bits per heavy atom. The SMILES string of the molecule is CCNC(Cc1ccc(C)cc1)c1cccc(F)c1F. The first-order valence-electron chi connectivity index (χ1n) is 6.84. The van der Waals surface area contributed by atoms with Crippen LogP contribution in [-0.2, 0) is 6.42 Å². The van der Waals surface area contributed by atoms with Crippen molar-refractivity contribution in [3.63, 3.8) is 0 Å². The van der Waals surface area contributed by atoms with Crippen LogP contribution in [0.2, 0.25) is 0 Å². The van der Waals surface area contributed by atoms with Crippen LogP contribution < -0.4 is 5.32 Å². The van der Waals surface area contributed by atoms with Crippen molar-refractivity contribution in [3.05, 3.63) is 70.8 Å². The topological polar surface area (TPSA) is 12.0 Å². The molecule has 1 nitrogen and oxygen atoms in total. The fraction of sp³-hybridized carbons (Fsp3) is 0.294. The predicted octanol–water partition coefficient (Wildman–Crippen LogP) is 4.17. The van der Waals surface area contributed by atoms with Crippen molar-refractivity contribution < 1.29 is 8.78 Å². The molecule has 20 heavy (non-hydrogen) atoms. The van der Waals surface area contributed by atoms with E-state index in [9.17, 15) is 8.78 Å². The average Bonchev–Trinajstić information content (AvgIpc) is 2.44. The molecular formula is C17H19F2N. The average molecular weight is 275 g/mol. The van der Waals surface area contributed by atoms with E-state index in [-0.39, 0.29) is 6.04 Å². The van der Waals surface area contributed by atoms with Crippen molar-refractivity contribution >= 4 is 0 Å². The summed E-state index contributed by atoms with van der Waals surface area (Å²) < 4.78 is 27.3. The summed E-state index contributed by atoms with van der Waals surface area (Å²) in [7, 11) is 0. The molecule has 0 spiro atoms. The summed E-state index contributed by atoms with van der Waals surface area (Å²) in [6.07, 6.45) is 0.633. The molecule has 3 heteroatoms. The summed E-state index contributed by atoms with van der Waals surface area (Å²) in [5.74, 6) is -1.56. The molecule has 106 valence electrons. The third-order valence-electron chi connectivity index (χ3n) is 3.37. The van der Waals surface area contributed by atoms with Gasteiger partial charge in [0.1, 0.15) is 0 Å². The number of hydrogen-bond donors (Lipinski definition) is 1. The Hall–Kier alpha value is -1.74. The predicted molar refractivity (Wildman–Crippen MR) is 77.7 cm³/mol. The number of aryl methyl sites for hydroxylation is 1. The number of benzene rings is 2. The van der Waals surface area contributed by atoms with Crippen molar-refractivity contribution in [1.29, 1.82) is 0 Å². The van der Waals surface area contributed by atoms with E-state index in [1.807, 2.05) is 38.1 Å². The maximum absolute atomic E-state index is 13.9. The molecule has 0 saturated carbocycles.